The Balaban J connectivity index is 2.16. The summed E-state index contributed by atoms with van der Waals surface area (Å²) in [4.78, 5) is 4.85. The average molecular weight is 300 g/mol. The Morgan fingerprint density at radius 3 is 2.71 bits per heavy atom. The monoisotopic (exact) mass is 299 g/mol. The van der Waals surface area contributed by atoms with Crippen LogP contribution >= 0.6 is 15.9 Å². The molecule has 1 fully saturated rings. The smallest absolute Gasteiger partial charge is 0.110 e. The molecule has 0 spiro atoms. The van der Waals surface area contributed by atoms with Crippen molar-refractivity contribution in [2.24, 2.45) is 7.05 Å². The zero-order valence-corrected chi connectivity index (χ0v) is 12.4. The Morgan fingerprint density at radius 2 is 2.06 bits per heavy atom. The van der Waals surface area contributed by atoms with Crippen molar-refractivity contribution in [3.05, 3.63) is 16.1 Å². The Kier molecular flexibility index (Phi) is 4.62. The first-order valence-corrected chi connectivity index (χ1v) is 7.39. The molecule has 0 radical (unpaired) electrons. The van der Waals surface area contributed by atoms with Gasteiger partial charge >= 0.3 is 0 Å². The van der Waals surface area contributed by atoms with Gasteiger partial charge in [0.1, 0.15) is 10.4 Å². The summed E-state index contributed by atoms with van der Waals surface area (Å²) < 4.78 is 3.39. The average Bonchev–Trinajstić information content (AvgIpc) is 2.65. The molecule has 1 aliphatic carbocycles. The Hall–Kier alpha value is -0.350. The summed E-state index contributed by atoms with van der Waals surface area (Å²) in [6, 6.07) is 0. The standard InChI is InChI=1S/C13H22BrN3/c1-15-9-8-11-16-12(13(14)17(11)2)10-6-4-3-5-7-10/h10,15H,3-9H2,1-2H3. The molecule has 0 atom stereocenters. The van der Waals surface area contributed by atoms with Crippen molar-refractivity contribution in [2.75, 3.05) is 13.6 Å². The number of aromatic nitrogens is 2. The minimum absolute atomic E-state index is 0.674. The molecule has 0 aromatic carbocycles. The maximum Gasteiger partial charge on any atom is 0.110 e. The van der Waals surface area contributed by atoms with Crippen LogP contribution in [0.5, 0.6) is 0 Å². The lowest BCUT2D eigenvalue weighted by atomic mass is 9.87. The first-order valence-electron chi connectivity index (χ1n) is 6.59. The van der Waals surface area contributed by atoms with Crippen molar-refractivity contribution in [3.8, 4) is 0 Å². The van der Waals surface area contributed by atoms with Crippen LogP contribution in [0.2, 0.25) is 0 Å². The number of nitrogens with zero attached hydrogens (tertiary/aromatic N) is 2. The van der Waals surface area contributed by atoms with Gasteiger partial charge in [0.05, 0.1) is 5.69 Å². The lowest BCUT2D eigenvalue weighted by molar-refractivity contribution is 0.436. The summed E-state index contributed by atoms with van der Waals surface area (Å²) in [7, 11) is 4.09. The summed E-state index contributed by atoms with van der Waals surface area (Å²) in [6.45, 7) is 0.988. The third-order valence-electron chi connectivity index (χ3n) is 3.73. The van der Waals surface area contributed by atoms with E-state index in [1.165, 1.54) is 48.2 Å². The molecule has 1 saturated carbocycles. The van der Waals surface area contributed by atoms with Gasteiger partial charge in [-0.15, -0.1) is 0 Å². The van der Waals surface area contributed by atoms with E-state index in [4.69, 9.17) is 4.98 Å². The van der Waals surface area contributed by atoms with Gasteiger partial charge in [-0.25, -0.2) is 4.98 Å². The molecule has 1 N–H and O–H groups in total. The lowest BCUT2D eigenvalue weighted by Gasteiger charge is -2.20. The fraction of sp³-hybridized carbons (Fsp3) is 0.769. The third kappa shape index (κ3) is 2.91. The lowest BCUT2D eigenvalue weighted by Crippen LogP contribution is -2.13. The van der Waals surface area contributed by atoms with Gasteiger partial charge in [0.2, 0.25) is 0 Å². The third-order valence-corrected chi connectivity index (χ3v) is 4.67. The number of hydrogen-bond donors (Lipinski definition) is 1. The second-order valence-corrected chi connectivity index (χ2v) is 5.70. The van der Waals surface area contributed by atoms with Gasteiger partial charge in [-0.3, -0.25) is 0 Å². The van der Waals surface area contributed by atoms with Crippen molar-refractivity contribution in [1.82, 2.24) is 14.9 Å². The largest absolute Gasteiger partial charge is 0.326 e. The fourth-order valence-electron chi connectivity index (χ4n) is 2.64. The van der Waals surface area contributed by atoms with E-state index < -0.39 is 0 Å². The Morgan fingerprint density at radius 1 is 1.35 bits per heavy atom. The molecule has 0 saturated heterocycles. The second-order valence-electron chi connectivity index (χ2n) is 4.95. The maximum absolute atomic E-state index is 4.85. The highest BCUT2D eigenvalue weighted by Gasteiger charge is 2.22. The zero-order valence-electron chi connectivity index (χ0n) is 10.8. The highest BCUT2D eigenvalue weighted by Crippen LogP contribution is 2.35. The second kappa shape index (κ2) is 6.01. The highest BCUT2D eigenvalue weighted by molar-refractivity contribution is 9.10. The predicted octanol–water partition coefficient (Wildman–Crippen LogP) is 2.99. The van der Waals surface area contributed by atoms with Gasteiger partial charge in [-0.05, 0) is 35.8 Å². The first-order chi connectivity index (χ1) is 8.24. The molecule has 0 amide bonds. The van der Waals surface area contributed by atoms with Crippen molar-refractivity contribution >= 4 is 15.9 Å². The summed E-state index contributed by atoms with van der Waals surface area (Å²) >= 11 is 3.71. The van der Waals surface area contributed by atoms with Crippen LogP contribution in [0.25, 0.3) is 0 Å². The van der Waals surface area contributed by atoms with Gasteiger partial charge in [0, 0.05) is 25.9 Å². The number of nitrogens with one attached hydrogen (secondary N) is 1. The van der Waals surface area contributed by atoms with Crippen LogP contribution in [0.3, 0.4) is 0 Å². The quantitative estimate of drug-likeness (QED) is 0.926. The van der Waals surface area contributed by atoms with Gasteiger partial charge in [0.15, 0.2) is 0 Å². The molecular weight excluding hydrogens is 278 g/mol. The molecule has 1 aliphatic rings. The van der Waals surface area contributed by atoms with Crippen molar-refractivity contribution in [3.63, 3.8) is 0 Å². The number of halogens is 1. The van der Waals surface area contributed by atoms with Crippen molar-refractivity contribution in [2.45, 2.75) is 44.4 Å². The summed E-state index contributed by atoms with van der Waals surface area (Å²) in [6.07, 6.45) is 7.73. The Labute approximate surface area is 112 Å². The van der Waals surface area contributed by atoms with E-state index in [2.05, 4.69) is 32.9 Å². The number of rotatable bonds is 4. The SMILES string of the molecule is CNCCc1nc(C2CCCCC2)c(Br)n1C. The van der Waals surface area contributed by atoms with E-state index in [0.717, 1.165) is 13.0 Å². The van der Waals surface area contributed by atoms with E-state index in [1.807, 2.05) is 7.05 Å². The van der Waals surface area contributed by atoms with Gasteiger partial charge in [-0.1, -0.05) is 19.3 Å². The Bertz CT molecular complexity index is 367. The predicted molar refractivity (Wildman–Crippen MR) is 74.4 cm³/mol. The van der Waals surface area contributed by atoms with Crippen LogP contribution in [0.4, 0.5) is 0 Å². The number of imidazole rings is 1. The molecule has 1 heterocycles. The number of hydrogen-bond acceptors (Lipinski definition) is 2. The normalized spacial score (nSPS) is 17.6. The molecule has 0 unspecified atom stereocenters. The van der Waals surface area contributed by atoms with E-state index in [-0.39, 0.29) is 0 Å². The maximum atomic E-state index is 4.85. The van der Waals surface area contributed by atoms with Crippen LogP contribution in [-0.4, -0.2) is 23.1 Å². The van der Waals surface area contributed by atoms with E-state index in [0.29, 0.717) is 5.92 Å². The van der Waals surface area contributed by atoms with Crippen LogP contribution in [0.1, 0.15) is 49.5 Å². The zero-order chi connectivity index (χ0) is 12.3. The molecule has 1 aromatic heterocycles. The molecular formula is C13H22BrN3. The molecule has 0 aliphatic heterocycles. The van der Waals surface area contributed by atoms with Gasteiger partial charge in [0.25, 0.3) is 0 Å². The van der Waals surface area contributed by atoms with Crippen LogP contribution in [-0.2, 0) is 13.5 Å². The van der Waals surface area contributed by atoms with Crippen molar-refractivity contribution < 1.29 is 0 Å². The molecule has 1 aromatic rings. The molecule has 2 rings (SSSR count). The van der Waals surface area contributed by atoms with Gasteiger partial charge < -0.3 is 9.88 Å². The summed E-state index contributed by atoms with van der Waals surface area (Å²) in [5.41, 5.74) is 1.29. The van der Waals surface area contributed by atoms with E-state index in [1.54, 1.807) is 0 Å². The summed E-state index contributed by atoms with van der Waals surface area (Å²) in [5.74, 6) is 1.86. The number of likely N-dealkylation sites (N-methyl/N-ethyl adjacent to an activating group) is 1. The van der Waals surface area contributed by atoms with Crippen LogP contribution in [0.15, 0.2) is 4.60 Å². The highest BCUT2D eigenvalue weighted by atomic mass is 79.9. The minimum Gasteiger partial charge on any atom is -0.326 e. The van der Waals surface area contributed by atoms with Crippen LogP contribution in [0, 0.1) is 0 Å². The van der Waals surface area contributed by atoms with E-state index in [9.17, 15) is 0 Å². The topological polar surface area (TPSA) is 29.9 Å². The van der Waals surface area contributed by atoms with Crippen molar-refractivity contribution in [1.29, 1.82) is 0 Å². The molecule has 17 heavy (non-hydrogen) atoms. The summed E-state index contributed by atoms with van der Waals surface area (Å²) in [5, 5.41) is 3.18. The fourth-order valence-corrected chi connectivity index (χ4v) is 3.26. The van der Waals surface area contributed by atoms with E-state index >= 15 is 0 Å². The van der Waals surface area contributed by atoms with Gasteiger partial charge in [-0.2, -0.15) is 0 Å². The first kappa shape index (κ1) is 13.1. The van der Waals surface area contributed by atoms with Crippen LogP contribution < -0.4 is 5.32 Å². The molecule has 0 bridgehead atoms. The molecule has 4 heteroatoms. The minimum atomic E-state index is 0.674. The molecule has 3 nitrogen and oxygen atoms in total. The molecule has 96 valence electrons.